The number of carbonyl (C=O) groups is 3. The van der Waals surface area contributed by atoms with E-state index >= 15 is 0 Å². The largest absolute Gasteiger partial charge is 0.468 e. The summed E-state index contributed by atoms with van der Waals surface area (Å²) >= 11 is 0. The molecule has 0 saturated carbocycles. The van der Waals surface area contributed by atoms with Gasteiger partial charge in [0.05, 0.1) is 14.2 Å². The summed E-state index contributed by atoms with van der Waals surface area (Å²) in [6, 6.07) is 18.0. The zero-order valence-electron chi connectivity index (χ0n) is 20.6. The highest BCUT2D eigenvalue weighted by molar-refractivity contribution is 6.24. The van der Waals surface area contributed by atoms with Crippen LogP contribution >= 0.6 is 0 Å². The molecule has 0 radical (unpaired) electrons. The summed E-state index contributed by atoms with van der Waals surface area (Å²) in [7, 11) is 5.88. The first kappa shape index (κ1) is 26.2. The summed E-state index contributed by atoms with van der Waals surface area (Å²) < 4.78 is 15.3. The van der Waals surface area contributed by atoms with E-state index in [1.54, 1.807) is 69.0 Å². The average Bonchev–Trinajstić information content (AvgIpc) is 2.91. The van der Waals surface area contributed by atoms with E-state index in [0.29, 0.717) is 17.1 Å². The van der Waals surface area contributed by atoms with Gasteiger partial charge in [-0.1, -0.05) is 30.3 Å². The first-order chi connectivity index (χ1) is 17.3. The number of hydrogen-bond acceptors (Lipinski definition) is 7. The third-order valence-electron chi connectivity index (χ3n) is 5.37. The predicted octanol–water partition coefficient (Wildman–Crippen LogP) is 4.01. The van der Waals surface area contributed by atoms with E-state index in [2.05, 4.69) is 4.98 Å². The normalized spacial score (nSPS) is 11.1. The summed E-state index contributed by atoms with van der Waals surface area (Å²) in [5.41, 5.74) is 2.86. The van der Waals surface area contributed by atoms with Gasteiger partial charge in [-0.2, -0.15) is 0 Å². The van der Waals surface area contributed by atoms with Crippen molar-refractivity contribution in [2.75, 3.05) is 28.3 Å². The molecule has 0 aliphatic carbocycles. The Morgan fingerprint density at radius 1 is 0.889 bits per heavy atom. The lowest BCUT2D eigenvalue weighted by molar-refractivity contribution is -0.158. The quantitative estimate of drug-likeness (QED) is 0.255. The first-order valence-corrected chi connectivity index (χ1v) is 11.2. The first-order valence-electron chi connectivity index (χ1n) is 11.2. The highest BCUT2D eigenvalue weighted by Gasteiger charge is 2.28. The maximum absolute atomic E-state index is 12.8. The fourth-order valence-corrected chi connectivity index (χ4v) is 3.45. The minimum Gasteiger partial charge on any atom is -0.468 e. The van der Waals surface area contributed by atoms with Crippen LogP contribution in [0, 0.1) is 5.92 Å². The van der Waals surface area contributed by atoms with Crippen molar-refractivity contribution in [2.45, 2.75) is 6.42 Å². The molecule has 186 valence electrons. The summed E-state index contributed by atoms with van der Waals surface area (Å²) in [6.07, 6.45) is 5.34. The van der Waals surface area contributed by atoms with Gasteiger partial charge in [-0.05, 0) is 59.5 Å². The second-order valence-corrected chi connectivity index (χ2v) is 8.12. The molecule has 0 aliphatic heterocycles. The maximum atomic E-state index is 12.8. The van der Waals surface area contributed by atoms with Crippen LogP contribution in [0.25, 0.3) is 11.6 Å². The molecule has 8 nitrogen and oxygen atoms in total. The number of likely N-dealkylation sites (N-methyl/N-ethyl adjacent to an activating group) is 1. The molecule has 1 aromatic heterocycles. The van der Waals surface area contributed by atoms with Gasteiger partial charge in [-0.3, -0.25) is 19.4 Å². The number of carbonyl (C=O) groups excluding carboxylic acids is 3. The van der Waals surface area contributed by atoms with Crippen LogP contribution in [0.3, 0.4) is 0 Å². The molecule has 0 fully saturated rings. The molecule has 0 saturated heterocycles. The smallest absolute Gasteiger partial charge is 0.320 e. The van der Waals surface area contributed by atoms with Gasteiger partial charge in [0.2, 0.25) is 0 Å². The third-order valence-corrected chi connectivity index (χ3v) is 5.37. The van der Waals surface area contributed by atoms with Crippen molar-refractivity contribution in [3.05, 3.63) is 89.7 Å². The van der Waals surface area contributed by atoms with E-state index in [9.17, 15) is 14.4 Å². The van der Waals surface area contributed by atoms with Gasteiger partial charge in [0.25, 0.3) is 5.91 Å². The molecule has 3 rings (SSSR count). The Labute approximate surface area is 210 Å². The molecule has 1 heterocycles. The SMILES string of the molecule is COC(=O)C(Cc1ccc(Oc2ccc(/C(=C\c3cccnc3)C(=O)N(C)C)cc2)cc1)C(=O)OC. The molecule has 8 heteroatoms. The Kier molecular flexibility index (Phi) is 8.94. The van der Waals surface area contributed by atoms with Crippen LogP contribution in [0.4, 0.5) is 0 Å². The van der Waals surface area contributed by atoms with Crippen LogP contribution in [-0.2, 0) is 30.3 Å². The number of methoxy groups -OCH3 is 2. The van der Waals surface area contributed by atoms with Crippen LogP contribution < -0.4 is 4.74 Å². The number of amides is 1. The van der Waals surface area contributed by atoms with Crippen molar-refractivity contribution in [1.29, 1.82) is 0 Å². The van der Waals surface area contributed by atoms with Crippen LogP contribution in [0.2, 0.25) is 0 Å². The molecular weight excluding hydrogens is 460 g/mol. The predicted molar refractivity (Wildman–Crippen MR) is 135 cm³/mol. The molecule has 0 bridgehead atoms. The Morgan fingerprint density at radius 2 is 1.47 bits per heavy atom. The minimum absolute atomic E-state index is 0.125. The number of nitrogens with zero attached hydrogens (tertiary/aromatic N) is 2. The fraction of sp³-hybridized carbons (Fsp3) is 0.214. The van der Waals surface area contributed by atoms with E-state index in [1.165, 1.54) is 19.1 Å². The van der Waals surface area contributed by atoms with Crippen molar-refractivity contribution < 1.29 is 28.6 Å². The summed E-state index contributed by atoms with van der Waals surface area (Å²) in [6.45, 7) is 0. The molecule has 0 unspecified atom stereocenters. The number of ether oxygens (including phenoxy) is 3. The van der Waals surface area contributed by atoms with Gasteiger partial charge in [-0.15, -0.1) is 0 Å². The molecule has 1 amide bonds. The van der Waals surface area contributed by atoms with E-state index in [4.69, 9.17) is 14.2 Å². The number of hydrogen-bond donors (Lipinski definition) is 0. The monoisotopic (exact) mass is 488 g/mol. The average molecular weight is 489 g/mol. The molecular formula is C28H28N2O6. The van der Waals surface area contributed by atoms with Crippen molar-refractivity contribution in [2.24, 2.45) is 5.92 Å². The number of esters is 2. The Morgan fingerprint density at radius 3 is 1.97 bits per heavy atom. The summed E-state index contributed by atoms with van der Waals surface area (Å²) in [5.74, 6) is -1.28. The second kappa shape index (κ2) is 12.3. The van der Waals surface area contributed by atoms with Crippen molar-refractivity contribution >= 4 is 29.5 Å². The van der Waals surface area contributed by atoms with Gasteiger partial charge in [0.1, 0.15) is 11.5 Å². The maximum Gasteiger partial charge on any atom is 0.320 e. The van der Waals surface area contributed by atoms with E-state index < -0.39 is 17.9 Å². The minimum atomic E-state index is -1.03. The second-order valence-electron chi connectivity index (χ2n) is 8.12. The molecule has 0 atom stereocenters. The summed E-state index contributed by atoms with van der Waals surface area (Å²) in [5, 5.41) is 0. The lowest BCUT2D eigenvalue weighted by Crippen LogP contribution is -2.28. The summed E-state index contributed by atoms with van der Waals surface area (Å²) in [4.78, 5) is 42.2. The van der Waals surface area contributed by atoms with E-state index in [0.717, 1.165) is 16.7 Å². The highest BCUT2D eigenvalue weighted by Crippen LogP contribution is 2.26. The Balaban J connectivity index is 1.74. The standard InChI is InChI=1S/C28H28N2O6/c1-30(2)26(31)24(17-20-6-5-15-29-18-20)21-9-13-23(14-10-21)36-22-11-7-19(8-12-22)16-25(27(32)34-3)28(33)35-4/h5-15,17-18,25H,16H2,1-4H3/b24-17+. The van der Waals surface area contributed by atoms with E-state index in [1.807, 2.05) is 24.3 Å². The molecule has 36 heavy (non-hydrogen) atoms. The molecule has 0 aliphatic rings. The van der Waals surface area contributed by atoms with Crippen LogP contribution in [0.15, 0.2) is 73.1 Å². The molecule has 0 spiro atoms. The van der Waals surface area contributed by atoms with Gasteiger partial charge >= 0.3 is 11.9 Å². The lowest BCUT2D eigenvalue weighted by Gasteiger charge is -2.15. The molecule has 0 N–H and O–H groups in total. The van der Waals surface area contributed by atoms with E-state index in [-0.39, 0.29) is 12.3 Å². The highest BCUT2D eigenvalue weighted by atomic mass is 16.5. The van der Waals surface area contributed by atoms with Gasteiger partial charge < -0.3 is 19.1 Å². The third kappa shape index (κ3) is 6.79. The molecule has 3 aromatic rings. The Bertz CT molecular complexity index is 1200. The topological polar surface area (TPSA) is 95.0 Å². The number of benzene rings is 2. The van der Waals surface area contributed by atoms with Crippen molar-refractivity contribution in [3.8, 4) is 11.5 Å². The van der Waals surface area contributed by atoms with Gasteiger partial charge in [0, 0.05) is 32.1 Å². The van der Waals surface area contributed by atoms with Crippen LogP contribution in [0.1, 0.15) is 16.7 Å². The molecule has 2 aromatic carbocycles. The number of pyridine rings is 1. The van der Waals surface area contributed by atoms with Crippen molar-refractivity contribution in [1.82, 2.24) is 9.88 Å². The van der Waals surface area contributed by atoms with Gasteiger partial charge in [-0.25, -0.2) is 0 Å². The Hall–Kier alpha value is -4.46. The zero-order valence-corrected chi connectivity index (χ0v) is 20.6. The number of rotatable bonds is 9. The van der Waals surface area contributed by atoms with Crippen LogP contribution in [-0.4, -0.2) is 56.0 Å². The zero-order chi connectivity index (χ0) is 26.1. The number of aromatic nitrogens is 1. The van der Waals surface area contributed by atoms with Crippen molar-refractivity contribution in [3.63, 3.8) is 0 Å². The van der Waals surface area contributed by atoms with Gasteiger partial charge in [0.15, 0.2) is 5.92 Å². The lowest BCUT2D eigenvalue weighted by atomic mass is 9.99. The fourth-order valence-electron chi connectivity index (χ4n) is 3.45. The van der Waals surface area contributed by atoms with Crippen LogP contribution in [0.5, 0.6) is 11.5 Å².